The Hall–Kier alpha value is -2.07. The van der Waals surface area contributed by atoms with E-state index >= 15 is 0 Å². The fraction of sp³-hybridized carbons (Fsp3) is 0.143. The SMILES string of the molecule is C=CCc1cccc(C)c1Oc1n[nH]c(Cl)cc1=O. The van der Waals surface area contributed by atoms with Crippen molar-refractivity contribution in [2.45, 2.75) is 13.3 Å². The third-order valence-corrected chi connectivity index (χ3v) is 2.78. The van der Waals surface area contributed by atoms with Crippen molar-refractivity contribution in [3.63, 3.8) is 0 Å². The number of hydrogen-bond acceptors (Lipinski definition) is 3. The molecule has 1 heterocycles. The average Bonchev–Trinajstić information content (AvgIpc) is 2.36. The molecule has 0 saturated heterocycles. The molecule has 0 aliphatic rings. The molecule has 0 atom stereocenters. The molecule has 98 valence electrons. The van der Waals surface area contributed by atoms with Gasteiger partial charge in [0.05, 0.1) is 0 Å². The van der Waals surface area contributed by atoms with E-state index in [1.807, 2.05) is 25.1 Å². The van der Waals surface area contributed by atoms with Gasteiger partial charge in [0.1, 0.15) is 10.9 Å². The molecule has 0 fully saturated rings. The van der Waals surface area contributed by atoms with Crippen LogP contribution in [0.4, 0.5) is 0 Å². The van der Waals surface area contributed by atoms with Crippen LogP contribution in [-0.4, -0.2) is 10.2 Å². The highest BCUT2D eigenvalue weighted by Crippen LogP contribution is 2.27. The molecule has 0 saturated carbocycles. The maximum Gasteiger partial charge on any atom is 0.285 e. The first-order valence-electron chi connectivity index (χ1n) is 5.74. The lowest BCUT2D eigenvalue weighted by Gasteiger charge is -2.11. The molecule has 0 aliphatic carbocycles. The number of para-hydroxylation sites is 1. The summed E-state index contributed by atoms with van der Waals surface area (Å²) in [6.07, 6.45) is 2.43. The second-order valence-electron chi connectivity index (χ2n) is 4.04. The van der Waals surface area contributed by atoms with E-state index in [2.05, 4.69) is 16.8 Å². The number of allylic oxidation sites excluding steroid dienone is 1. The van der Waals surface area contributed by atoms with E-state index in [9.17, 15) is 4.79 Å². The first-order chi connectivity index (χ1) is 9.11. The van der Waals surface area contributed by atoms with Gasteiger partial charge >= 0.3 is 0 Å². The highest BCUT2D eigenvalue weighted by molar-refractivity contribution is 6.29. The smallest absolute Gasteiger partial charge is 0.285 e. The zero-order chi connectivity index (χ0) is 13.8. The summed E-state index contributed by atoms with van der Waals surface area (Å²) in [6.45, 7) is 5.62. The Bertz CT molecular complexity index is 665. The van der Waals surface area contributed by atoms with Crippen molar-refractivity contribution in [3.8, 4) is 11.6 Å². The Balaban J connectivity index is 2.42. The zero-order valence-corrected chi connectivity index (χ0v) is 11.2. The van der Waals surface area contributed by atoms with Crippen molar-refractivity contribution in [2.24, 2.45) is 0 Å². The molecule has 0 unspecified atom stereocenters. The number of ether oxygens (including phenoxy) is 1. The summed E-state index contributed by atoms with van der Waals surface area (Å²) in [5.74, 6) is 0.603. The van der Waals surface area contributed by atoms with E-state index in [1.54, 1.807) is 6.08 Å². The van der Waals surface area contributed by atoms with E-state index < -0.39 is 0 Å². The predicted molar refractivity (Wildman–Crippen MR) is 75.0 cm³/mol. The minimum absolute atomic E-state index is 0.0241. The van der Waals surface area contributed by atoms with Gasteiger partial charge in [0, 0.05) is 6.07 Å². The van der Waals surface area contributed by atoms with Gasteiger partial charge in [-0.25, -0.2) is 0 Å². The summed E-state index contributed by atoms with van der Waals surface area (Å²) in [7, 11) is 0. The van der Waals surface area contributed by atoms with Gasteiger partial charge < -0.3 is 4.74 Å². The van der Waals surface area contributed by atoms with E-state index in [1.165, 1.54) is 6.07 Å². The molecule has 0 amide bonds. The number of benzene rings is 1. The molecule has 19 heavy (non-hydrogen) atoms. The van der Waals surface area contributed by atoms with Gasteiger partial charge in [0.2, 0.25) is 5.43 Å². The lowest BCUT2D eigenvalue weighted by Crippen LogP contribution is -2.08. The molecular weight excluding hydrogens is 264 g/mol. The molecule has 2 rings (SSSR count). The number of nitrogens with zero attached hydrogens (tertiary/aromatic N) is 1. The number of H-pyrrole nitrogens is 1. The van der Waals surface area contributed by atoms with Gasteiger partial charge in [-0.1, -0.05) is 35.9 Å². The highest BCUT2D eigenvalue weighted by Gasteiger charge is 2.11. The number of halogens is 1. The van der Waals surface area contributed by atoms with Crippen LogP contribution in [0.2, 0.25) is 5.15 Å². The molecule has 0 aliphatic heterocycles. The molecule has 5 heteroatoms. The standard InChI is InChI=1S/C14H13ClN2O2/c1-3-5-10-7-4-6-9(2)13(10)19-14-11(18)8-12(15)16-17-14/h3-4,6-8H,1,5H2,2H3,(H,16,18). The summed E-state index contributed by atoms with van der Waals surface area (Å²) < 4.78 is 5.62. The third kappa shape index (κ3) is 3.03. The van der Waals surface area contributed by atoms with Crippen molar-refractivity contribution in [1.82, 2.24) is 10.2 Å². The fourth-order valence-electron chi connectivity index (χ4n) is 1.71. The first-order valence-corrected chi connectivity index (χ1v) is 6.12. The Labute approximate surface area is 115 Å². The lowest BCUT2D eigenvalue weighted by atomic mass is 10.1. The van der Waals surface area contributed by atoms with Crippen LogP contribution in [0.1, 0.15) is 11.1 Å². The fourth-order valence-corrected chi connectivity index (χ4v) is 1.86. The minimum Gasteiger partial charge on any atom is -0.434 e. The van der Waals surface area contributed by atoms with Crippen LogP contribution in [0.5, 0.6) is 11.6 Å². The van der Waals surface area contributed by atoms with Gasteiger partial charge in [-0.05, 0) is 24.5 Å². The van der Waals surface area contributed by atoms with E-state index in [4.69, 9.17) is 16.3 Å². The van der Waals surface area contributed by atoms with Crippen LogP contribution in [-0.2, 0) is 6.42 Å². The largest absolute Gasteiger partial charge is 0.434 e. The Morgan fingerprint density at radius 2 is 2.32 bits per heavy atom. The number of hydrogen-bond donors (Lipinski definition) is 1. The second kappa shape index (κ2) is 5.71. The molecule has 0 radical (unpaired) electrons. The van der Waals surface area contributed by atoms with Crippen molar-refractivity contribution in [3.05, 3.63) is 63.4 Å². The van der Waals surface area contributed by atoms with Crippen LogP contribution in [0.3, 0.4) is 0 Å². The van der Waals surface area contributed by atoms with Gasteiger partial charge in [-0.15, -0.1) is 11.7 Å². The Morgan fingerprint density at radius 3 is 3.00 bits per heavy atom. The first kappa shape index (κ1) is 13.4. The molecule has 1 aromatic carbocycles. The predicted octanol–water partition coefficient (Wildman–Crippen LogP) is 3.25. The summed E-state index contributed by atoms with van der Waals surface area (Å²) in [5, 5.41) is 6.47. The van der Waals surface area contributed by atoms with Gasteiger partial charge in [-0.2, -0.15) is 0 Å². The van der Waals surface area contributed by atoms with Crippen LogP contribution < -0.4 is 10.2 Å². The number of rotatable bonds is 4. The maximum absolute atomic E-state index is 11.7. The summed E-state index contributed by atoms with van der Waals surface area (Å²) in [6, 6.07) is 7.00. The Kier molecular flexibility index (Phi) is 4.02. The zero-order valence-electron chi connectivity index (χ0n) is 10.4. The van der Waals surface area contributed by atoms with Crippen molar-refractivity contribution >= 4 is 11.6 Å². The van der Waals surface area contributed by atoms with Crippen molar-refractivity contribution in [2.75, 3.05) is 0 Å². The molecular formula is C14H13ClN2O2. The molecule has 4 nitrogen and oxygen atoms in total. The highest BCUT2D eigenvalue weighted by atomic mass is 35.5. The van der Waals surface area contributed by atoms with Crippen molar-refractivity contribution < 1.29 is 4.74 Å². The maximum atomic E-state index is 11.7. The molecule has 1 aromatic heterocycles. The normalized spacial score (nSPS) is 10.2. The number of nitrogens with one attached hydrogen (secondary N) is 1. The summed E-state index contributed by atoms with van der Waals surface area (Å²) in [4.78, 5) is 11.7. The quantitative estimate of drug-likeness (QED) is 0.872. The van der Waals surface area contributed by atoms with Crippen molar-refractivity contribution in [1.29, 1.82) is 0 Å². The van der Waals surface area contributed by atoms with Crippen LogP contribution in [0.15, 0.2) is 41.7 Å². The molecule has 0 spiro atoms. The van der Waals surface area contributed by atoms with Gasteiger partial charge in [-0.3, -0.25) is 9.89 Å². The monoisotopic (exact) mass is 276 g/mol. The summed E-state index contributed by atoms with van der Waals surface area (Å²) in [5.41, 5.74) is 1.51. The van der Waals surface area contributed by atoms with E-state index in [-0.39, 0.29) is 16.5 Å². The molecule has 1 N–H and O–H groups in total. The van der Waals surface area contributed by atoms with Gasteiger partial charge in [0.25, 0.3) is 5.88 Å². The number of aryl methyl sites for hydroxylation is 1. The molecule has 2 aromatic rings. The van der Waals surface area contributed by atoms with Crippen LogP contribution in [0.25, 0.3) is 0 Å². The molecule has 0 bridgehead atoms. The lowest BCUT2D eigenvalue weighted by molar-refractivity contribution is 0.442. The average molecular weight is 277 g/mol. The van der Waals surface area contributed by atoms with Gasteiger partial charge in [0.15, 0.2) is 0 Å². The minimum atomic E-state index is -0.364. The van der Waals surface area contributed by atoms with E-state index in [0.29, 0.717) is 12.2 Å². The van der Waals surface area contributed by atoms with Crippen LogP contribution in [0, 0.1) is 6.92 Å². The number of aromatic amines is 1. The second-order valence-corrected chi connectivity index (χ2v) is 4.45. The van der Waals surface area contributed by atoms with E-state index in [0.717, 1.165) is 11.1 Å². The summed E-state index contributed by atoms with van der Waals surface area (Å²) >= 11 is 5.65. The number of aromatic nitrogens is 2. The topological polar surface area (TPSA) is 55.0 Å². The Morgan fingerprint density at radius 1 is 1.53 bits per heavy atom. The van der Waals surface area contributed by atoms with Crippen LogP contribution >= 0.6 is 11.6 Å². The third-order valence-electron chi connectivity index (χ3n) is 2.59.